The average Bonchev–Trinajstić information content (AvgIpc) is 2.43. The van der Waals surface area contributed by atoms with Gasteiger partial charge in [0.25, 0.3) is 0 Å². The van der Waals surface area contributed by atoms with E-state index in [-0.39, 0.29) is 18.6 Å². The summed E-state index contributed by atoms with van der Waals surface area (Å²) in [6.07, 6.45) is 1.61. The van der Waals surface area contributed by atoms with Gasteiger partial charge in [0.1, 0.15) is 5.60 Å². The topological polar surface area (TPSA) is 49.8 Å². The standard InChI is InChI=1S/C17H25NO3/c1-12(11-19)13-7-8-15-14(10-13)6-5-9-18(15)16(20)21-17(2,3)4/h7-8,10,12,19H,5-6,9,11H2,1-4H3. The first kappa shape index (κ1) is 15.8. The second kappa shape index (κ2) is 6.06. The lowest BCUT2D eigenvalue weighted by Gasteiger charge is -2.32. The van der Waals surface area contributed by atoms with Crippen molar-refractivity contribution < 1.29 is 14.6 Å². The summed E-state index contributed by atoms with van der Waals surface area (Å²) in [6, 6.07) is 6.06. The second-order valence-electron chi connectivity index (χ2n) is 6.71. The minimum atomic E-state index is -0.486. The van der Waals surface area contributed by atoms with E-state index in [0.717, 1.165) is 29.7 Å². The fourth-order valence-corrected chi connectivity index (χ4v) is 2.54. The van der Waals surface area contributed by atoms with Gasteiger partial charge in [0.2, 0.25) is 0 Å². The summed E-state index contributed by atoms with van der Waals surface area (Å²) in [7, 11) is 0. The zero-order valence-electron chi connectivity index (χ0n) is 13.3. The summed E-state index contributed by atoms with van der Waals surface area (Å²) in [6.45, 7) is 8.45. The van der Waals surface area contributed by atoms with Gasteiger partial charge < -0.3 is 9.84 Å². The van der Waals surface area contributed by atoms with E-state index < -0.39 is 5.60 Å². The van der Waals surface area contributed by atoms with E-state index in [0.29, 0.717) is 6.54 Å². The summed E-state index contributed by atoms with van der Waals surface area (Å²) in [5, 5.41) is 9.28. The highest BCUT2D eigenvalue weighted by molar-refractivity contribution is 5.89. The van der Waals surface area contributed by atoms with E-state index >= 15 is 0 Å². The molecule has 1 aliphatic heterocycles. The van der Waals surface area contributed by atoms with Crippen LogP contribution in [0.15, 0.2) is 18.2 Å². The molecule has 4 heteroatoms. The maximum atomic E-state index is 12.3. The van der Waals surface area contributed by atoms with Gasteiger partial charge >= 0.3 is 6.09 Å². The van der Waals surface area contributed by atoms with Crippen LogP contribution in [0.1, 0.15) is 51.2 Å². The molecule has 0 aliphatic carbocycles. The number of hydrogen-bond donors (Lipinski definition) is 1. The number of carbonyl (C=O) groups is 1. The van der Waals surface area contributed by atoms with Gasteiger partial charge in [-0.15, -0.1) is 0 Å². The van der Waals surface area contributed by atoms with Gasteiger partial charge in [-0.1, -0.05) is 19.1 Å². The van der Waals surface area contributed by atoms with Crippen LogP contribution in [0.2, 0.25) is 0 Å². The molecule has 1 heterocycles. The molecule has 1 unspecified atom stereocenters. The molecule has 0 saturated heterocycles. The van der Waals surface area contributed by atoms with E-state index in [4.69, 9.17) is 4.74 Å². The molecule has 1 aliphatic rings. The monoisotopic (exact) mass is 291 g/mol. The third-order valence-electron chi connectivity index (χ3n) is 3.68. The average molecular weight is 291 g/mol. The molecule has 21 heavy (non-hydrogen) atoms. The summed E-state index contributed by atoms with van der Waals surface area (Å²) in [5.41, 5.74) is 2.72. The van der Waals surface area contributed by atoms with Crippen molar-refractivity contribution in [1.29, 1.82) is 0 Å². The molecule has 1 aromatic rings. The molecule has 1 amide bonds. The highest BCUT2D eigenvalue weighted by Gasteiger charge is 2.27. The Hall–Kier alpha value is -1.55. The number of amides is 1. The Bertz CT molecular complexity index is 519. The quantitative estimate of drug-likeness (QED) is 0.907. The number of fused-ring (bicyclic) bond motifs is 1. The molecule has 1 aromatic carbocycles. The summed E-state index contributed by atoms with van der Waals surface area (Å²) in [5.74, 6) is 0.118. The zero-order valence-corrected chi connectivity index (χ0v) is 13.3. The lowest BCUT2D eigenvalue weighted by Crippen LogP contribution is -2.39. The highest BCUT2D eigenvalue weighted by atomic mass is 16.6. The van der Waals surface area contributed by atoms with Crippen LogP contribution < -0.4 is 4.90 Å². The maximum absolute atomic E-state index is 12.3. The van der Waals surface area contributed by atoms with Crippen LogP contribution in [0.4, 0.5) is 10.5 Å². The lowest BCUT2D eigenvalue weighted by atomic mass is 9.94. The number of aliphatic hydroxyl groups is 1. The van der Waals surface area contributed by atoms with Crippen molar-refractivity contribution in [1.82, 2.24) is 0 Å². The van der Waals surface area contributed by atoms with Gasteiger partial charge in [-0.25, -0.2) is 4.79 Å². The molecule has 1 N–H and O–H groups in total. The van der Waals surface area contributed by atoms with Gasteiger partial charge in [0.15, 0.2) is 0 Å². The van der Waals surface area contributed by atoms with E-state index in [2.05, 4.69) is 6.07 Å². The van der Waals surface area contributed by atoms with Crippen LogP contribution in [0, 0.1) is 0 Å². The molecular formula is C17H25NO3. The number of anilines is 1. The SMILES string of the molecule is CC(CO)c1ccc2c(c1)CCCN2C(=O)OC(C)(C)C. The summed E-state index contributed by atoms with van der Waals surface area (Å²) < 4.78 is 5.48. The number of carbonyl (C=O) groups excluding carboxylic acids is 1. The number of ether oxygens (including phenoxy) is 1. The van der Waals surface area contributed by atoms with Gasteiger partial charge in [-0.3, -0.25) is 4.90 Å². The van der Waals surface area contributed by atoms with Crippen molar-refractivity contribution >= 4 is 11.8 Å². The number of hydrogen-bond acceptors (Lipinski definition) is 3. The molecule has 1 atom stereocenters. The van der Waals surface area contributed by atoms with Crippen molar-refractivity contribution in [3.05, 3.63) is 29.3 Å². The van der Waals surface area contributed by atoms with Crippen molar-refractivity contribution in [2.75, 3.05) is 18.1 Å². The van der Waals surface area contributed by atoms with Crippen LogP contribution in [0.3, 0.4) is 0 Å². The molecule has 0 radical (unpaired) electrons. The van der Waals surface area contributed by atoms with Gasteiger partial charge in [-0.2, -0.15) is 0 Å². The number of benzene rings is 1. The molecule has 0 aromatic heterocycles. The minimum Gasteiger partial charge on any atom is -0.443 e. The fourth-order valence-electron chi connectivity index (χ4n) is 2.54. The third kappa shape index (κ3) is 3.76. The van der Waals surface area contributed by atoms with Crippen molar-refractivity contribution in [3.8, 4) is 0 Å². The molecule has 4 nitrogen and oxygen atoms in total. The van der Waals surface area contributed by atoms with Crippen molar-refractivity contribution in [2.45, 2.75) is 52.1 Å². The fraction of sp³-hybridized carbons (Fsp3) is 0.588. The normalized spacial score (nSPS) is 16.3. The Kier molecular flexibility index (Phi) is 4.57. The first-order chi connectivity index (χ1) is 9.81. The van der Waals surface area contributed by atoms with Gasteiger partial charge in [-0.05, 0) is 50.8 Å². The van der Waals surface area contributed by atoms with Crippen molar-refractivity contribution in [2.24, 2.45) is 0 Å². The van der Waals surface area contributed by atoms with E-state index in [1.807, 2.05) is 39.8 Å². The highest BCUT2D eigenvalue weighted by Crippen LogP contribution is 2.31. The largest absolute Gasteiger partial charge is 0.443 e. The van der Waals surface area contributed by atoms with Crippen LogP contribution in [-0.4, -0.2) is 30.0 Å². The van der Waals surface area contributed by atoms with Gasteiger partial charge in [0.05, 0.1) is 5.69 Å². The molecular weight excluding hydrogens is 266 g/mol. The third-order valence-corrected chi connectivity index (χ3v) is 3.68. The van der Waals surface area contributed by atoms with Gasteiger partial charge in [0, 0.05) is 19.1 Å². The predicted octanol–water partition coefficient (Wildman–Crippen LogP) is 3.47. The van der Waals surface area contributed by atoms with E-state index in [1.165, 1.54) is 0 Å². The lowest BCUT2D eigenvalue weighted by molar-refractivity contribution is 0.0578. The predicted molar refractivity (Wildman–Crippen MR) is 83.8 cm³/mol. The summed E-state index contributed by atoms with van der Waals surface area (Å²) >= 11 is 0. The first-order valence-electron chi connectivity index (χ1n) is 7.56. The van der Waals surface area contributed by atoms with Crippen LogP contribution in [0.5, 0.6) is 0 Å². The van der Waals surface area contributed by atoms with Crippen LogP contribution in [-0.2, 0) is 11.2 Å². The Labute approximate surface area is 126 Å². The molecule has 0 bridgehead atoms. The number of aryl methyl sites for hydroxylation is 1. The molecule has 0 fully saturated rings. The maximum Gasteiger partial charge on any atom is 0.414 e. The Morgan fingerprint density at radius 1 is 1.43 bits per heavy atom. The Morgan fingerprint density at radius 2 is 2.14 bits per heavy atom. The number of nitrogens with zero attached hydrogens (tertiary/aromatic N) is 1. The smallest absolute Gasteiger partial charge is 0.414 e. The van der Waals surface area contributed by atoms with E-state index in [1.54, 1.807) is 4.90 Å². The van der Waals surface area contributed by atoms with Crippen LogP contribution >= 0.6 is 0 Å². The first-order valence-corrected chi connectivity index (χ1v) is 7.56. The van der Waals surface area contributed by atoms with Crippen molar-refractivity contribution in [3.63, 3.8) is 0 Å². The number of aliphatic hydroxyl groups excluding tert-OH is 1. The molecule has 116 valence electrons. The molecule has 2 rings (SSSR count). The minimum absolute atomic E-state index is 0.118. The Morgan fingerprint density at radius 3 is 2.76 bits per heavy atom. The second-order valence-corrected chi connectivity index (χ2v) is 6.71. The Balaban J connectivity index is 2.25. The number of rotatable bonds is 2. The molecule has 0 saturated carbocycles. The summed E-state index contributed by atoms with van der Waals surface area (Å²) in [4.78, 5) is 14.0. The zero-order chi connectivity index (χ0) is 15.6. The molecule has 0 spiro atoms. The van der Waals surface area contributed by atoms with Crippen LogP contribution in [0.25, 0.3) is 0 Å². The van der Waals surface area contributed by atoms with E-state index in [9.17, 15) is 9.90 Å².